The molecule has 0 aromatic heterocycles. The second-order valence-corrected chi connectivity index (χ2v) is 11.6. The number of allylic oxidation sites excluding steroid dienone is 2. The van der Waals surface area contributed by atoms with Crippen molar-refractivity contribution in [1.82, 2.24) is 9.80 Å². The SMILES string of the molecule is CCOc1ccc(C2=NN(c3ccc(C(=O)N4CCN(CC5CCCO5)CC4)cc3)C(=O)[C@@H]3CC=CC[C@H]23)cc1OCC.Cl. The summed E-state index contributed by atoms with van der Waals surface area (Å²) in [5.41, 5.74) is 3.06. The number of ether oxygens (including phenoxy) is 3. The van der Waals surface area contributed by atoms with Gasteiger partial charge in [-0.15, -0.1) is 12.4 Å². The molecule has 0 saturated carbocycles. The highest BCUT2D eigenvalue weighted by Crippen LogP contribution is 2.38. The van der Waals surface area contributed by atoms with E-state index in [4.69, 9.17) is 19.3 Å². The largest absolute Gasteiger partial charge is 0.490 e. The first-order valence-corrected chi connectivity index (χ1v) is 15.8. The van der Waals surface area contributed by atoms with Crippen molar-refractivity contribution >= 4 is 35.6 Å². The number of piperazine rings is 1. The first-order chi connectivity index (χ1) is 21.1. The van der Waals surface area contributed by atoms with Crippen molar-refractivity contribution < 1.29 is 23.8 Å². The average Bonchev–Trinajstić information content (AvgIpc) is 3.56. The summed E-state index contributed by atoms with van der Waals surface area (Å²) in [6, 6.07) is 13.2. The number of hydrazone groups is 1. The molecule has 236 valence electrons. The lowest BCUT2D eigenvalue weighted by Crippen LogP contribution is -2.50. The molecule has 2 aromatic rings. The van der Waals surface area contributed by atoms with Gasteiger partial charge in [0.05, 0.1) is 36.6 Å². The molecule has 2 fully saturated rings. The van der Waals surface area contributed by atoms with Crippen LogP contribution in [0, 0.1) is 11.8 Å². The summed E-state index contributed by atoms with van der Waals surface area (Å²) in [4.78, 5) is 31.4. The summed E-state index contributed by atoms with van der Waals surface area (Å²) in [6.45, 7) is 9.89. The molecule has 44 heavy (non-hydrogen) atoms. The topological polar surface area (TPSA) is 83.9 Å². The number of rotatable bonds is 9. The summed E-state index contributed by atoms with van der Waals surface area (Å²) in [5, 5.41) is 6.46. The number of carbonyl (C=O) groups is 2. The van der Waals surface area contributed by atoms with Crippen LogP contribution in [0.4, 0.5) is 5.69 Å². The number of anilines is 1. The number of benzene rings is 2. The van der Waals surface area contributed by atoms with Gasteiger partial charge < -0.3 is 19.1 Å². The zero-order valence-electron chi connectivity index (χ0n) is 25.7. The van der Waals surface area contributed by atoms with Gasteiger partial charge in [-0.1, -0.05) is 12.2 Å². The van der Waals surface area contributed by atoms with Gasteiger partial charge >= 0.3 is 0 Å². The van der Waals surface area contributed by atoms with Gasteiger partial charge in [0, 0.05) is 56.4 Å². The number of hydrogen-bond donors (Lipinski definition) is 0. The van der Waals surface area contributed by atoms with Crippen LogP contribution < -0.4 is 14.5 Å². The lowest BCUT2D eigenvalue weighted by Gasteiger charge is -2.37. The Morgan fingerprint density at radius 2 is 1.64 bits per heavy atom. The van der Waals surface area contributed by atoms with Gasteiger partial charge in [-0.25, -0.2) is 5.01 Å². The van der Waals surface area contributed by atoms with Crippen molar-refractivity contribution in [2.24, 2.45) is 16.9 Å². The van der Waals surface area contributed by atoms with Crippen molar-refractivity contribution in [2.45, 2.75) is 45.6 Å². The molecule has 0 N–H and O–H groups in total. The first kappa shape index (κ1) is 32.0. The van der Waals surface area contributed by atoms with Crippen molar-refractivity contribution in [3.63, 3.8) is 0 Å². The summed E-state index contributed by atoms with van der Waals surface area (Å²) in [5.74, 6) is 1.16. The number of carbonyl (C=O) groups excluding carboxylic acids is 2. The van der Waals surface area contributed by atoms with Crippen LogP contribution >= 0.6 is 12.4 Å². The van der Waals surface area contributed by atoms with Crippen LogP contribution in [0.5, 0.6) is 11.5 Å². The lowest BCUT2D eigenvalue weighted by molar-refractivity contribution is -0.123. The predicted molar refractivity (Wildman–Crippen MR) is 173 cm³/mol. The molecule has 3 atom stereocenters. The van der Waals surface area contributed by atoms with Crippen LogP contribution in [0.2, 0.25) is 0 Å². The summed E-state index contributed by atoms with van der Waals surface area (Å²) in [6.07, 6.45) is 8.26. The normalized spacial score (nSPS) is 23.5. The predicted octanol–water partition coefficient (Wildman–Crippen LogP) is 5.18. The highest BCUT2D eigenvalue weighted by Gasteiger charge is 2.41. The van der Waals surface area contributed by atoms with Gasteiger partial charge in [0.15, 0.2) is 11.5 Å². The summed E-state index contributed by atoms with van der Waals surface area (Å²) in [7, 11) is 0. The third kappa shape index (κ3) is 6.80. The Balaban J connectivity index is 0.00000384. The molecule has 6 rings (SSSR count). The average molecular weight is 623 g/mol. The van der Waals surface area contributed by atoms with E-state index in [1.807, 2.05) is 61.2 Å². The van der Waals surface area contributed by atoms with Crippen LogP contribution in [-0.2, 0) is 9.53 Å². The Morgan fingerprint density at radius 1 is 0.932 bits per heavy atom. The molecule has 3 aliphatic heterocycles. The summed E-state index contributed by atoms with van der Waals surface area (Å²) >= 11 is 0. The number of fused-ring (bicyclic) bond motifs is 1. The minimum Gasteiger partial charge on any atom is -0.490 e. The highest BCUT2D eigenvalue weighted by atomic mass is 35.5. The molecule has 0 radical (unpaired) electrons. The molecule has 4 aliphatic rings. The van der Waals surface area contributed by atoms with Crippen LogP contribution in [0.1, 0.15) is 55.5 Å². The van der Waals surface area contributed by atoms with Crippen molar-refractivity contribution in [1.29, 1.82) is 0 Å². The van der Waals surface area contributed by atoms with E-state index in [0.717, 1.165) is 56.8 Å². The molecule has 0 spiro atoms. The van der Waals surface area contributed by atoms with E-state index < -0.39 is 0 Å². The Bertz CT molecular complexity index is 1370. The van der Waals surface area contributed by atoms with Crippen molar-refractivity contribution in [3.05, 3.63) is 65.7 Å². The fourth-order valence-corrected chi connectivity index (χ4v) is 6.58. The molecule has 0 bridgehead atoms. The van der Waals surface area contributed by atoms with Gasteiger partial charge in [-0.3, -0.25) is 14.5 Å². The van der Waals surface area contributed by atoms with Crippen molar-refractivity contribution in [2.75, 3.05) is 57.6 Å². The number of nitrogens with zero attached hydrogens (tertiary/aromatic N) is 4. The number of hydrogen-bond acceptors (Lipinski definition) is 7. The fraction of sp³-hybridized carbons (Fsp3) is 0.500. The maximum absolute atomic E-state index is 13.7. The van der Waals surface area contributed by atoms with E-state index in [0.29, 0.717) is 61.6 Å². The summed E-state index contributed by atoms with van der Waals surface area (Å²) < 4.78 is 17.4. The third-order valence-electron chi connectivity index (χ3n) is 8.86. The van der Waals surface area contributed by atoms with E-state index in [1.54, 1.807) is 0 Å². The highest BCUT2D eigenvalue weighted by molar-refractivity contribution is 6.11. The van der Waals surface area contributed by atoms with Crippen LogP contribution in [0.25, 0.3) is 0 Å². The van der Waals surface area contributed by atoms with E-state index in [-0.39, 0.29) is 36.1 Å². The standard InChI is InChI=1S/C34H42N4O5.ClH/c1-3-41-30-16-13-25(22-31(30)42-4-2)32-28-9-5-6-10-29(28)34(40)38(35-32)26-14-11-24(12-15-26)33(39)37-19-17-36(18-20-37)23-27-8-7-21-43-27;/h5-6,11-16,22,27-29H,3-4,7-10,17-21,23H2,1-2H3;1H/t27?,28-,29+;/m0./s1. The Labute approximate surface area is 266 Å². The van der Waals surface area contributed by atoms with E-state index >= 15 is 0 Å². The van der Waals surface area contributed by atoms with E-state index in [2.05, 4.69) is 17.1 Å². The minimum absolute atomic E-state index is 0. The van der Waals surface area contributed by atoms with Gasteiger partial charge in [0.2, 0.25) is 0 Å². The molecule has 2 amide bonds. The molecule has 3 heterocycles. The second-order valence-electron chi connectivity index (χ2n) is 11.6. The fourth-order valence-electron chi connectivity index (χ4n) is 6.58. The third-order valence-corrected chi connectivity index (χ3v) is 8.86. The zero-order chi connectivity index (χ0) is 29.8. The Hall–Kier alpha value is -3.40. The van der Waals surface area contributed by atoms with Gasteiger partial charge in [0.25, 0.3) is 11.8 Å². The van der Waals surface area contributed by atoms with Crippen LogP contribution in [0.15, 0.2) is 59.7 Å². The van der Waals surface area contributed by atoms with Crippen molar-refractivity contribution in [3.8, 4) is 11.5 Å². The lowest BCUT2D eigenvalue weighted by atomic mass is 9.76. The maximum Gasteiger partial charge on any atom is 0.253 e. The second kappa shape index (κ2) is 14.6. The smallest absolute Gasteiger partial charge is 0.253 e. The Kier molecular flexibility index (Phi) is 10.6. The molecule has 10 heteroatoms. The minimum atomic E-state index is -0.202. The monoisotopic (exact) mass is 622 g/mol. The van der Waals surface area contributed by atoms with Gasteiger partial charge in [-0.2, -0.15) is 5.10 Å². The molecule has 1 unspecified atom stereocenters. The molecule has 9 nitrogen and oxygen atoms in total. The Morgan fingerprint density at radius 3 is 2.32 bits per heavy atom. The van der Waals surface area contributed by atoms with Gasteiger partial charge in [0.1, 0.15) is 0 Å². The molecule has 1 aliphatic carbocycles. The number of amides is 2. The zero-order valence-corrected chi connectivity index (χ0v) is 26.5. The molecule has 2 saturated heterocycles. The van der Waals surface area contributed by atoms with Gasteiger partial charge in [-0.05, 0) is 82.0 Å². The van der Waals surface area contributed by atoms with E-state index in [9.17, 15) is 9.59 Å². The van der Waals surface area contributed by atoms with E-state index in [1.165, 1.54) is 5.01 Å². The quantitative estimate of drug-likeness (QED) is 0.359. The van der Waals surface area contributed by atoms with Crippen LogP contribution in [-0.4, -0.2) is 86.0 Å². The molecule has 2 aromatic carbocycles. The van der Waals surface area contributed by atoms with Crippen LogP contribution in [0.3, 0.4) is 0 Å². The first-order valence-electron chi connectivity index (χ1n) is 15.8. The molecular weight excluding hydrogens is 580 g/mol. The number of halogens is 1. The molecular formula is C34H43ClN4O5. The maximum atomic E-state index is 13.7.